The first kappa shape index (κ1) is 16.7. The Balaban J connectivity index is 1.53. The second-order valence-electron chi connectivity index (χ2n) is 6.62. The van der Waals surface area contributed by atoms with Crippen LogP contribution in [-0.2, 0) is 6.54 Å². The summed E-state index contributed by atoms with van der Waals surface area (Å²) < 4.78 is 15.9. The van der Waals surface area contributed by atoms with Crippen LogP contribution in [0.3, 0.4) is 0 Å². The molecule has 6 heteroatoms. The van der Waals surface area contributed by atoms with Crippen LogP contribution in [0.4, 0.5) is 4.39 Å². The molecule has 5 nitrogen and oxygen atoms in total. The Kier molecular flexibility index (Phi) is 4.42. The van der Waals surface area contributed by atoms with Crippen molar-refractivity contribution in [2.24, 2.45) is 0 Å². The molecule has 2 heterocycles. The molecule has 2 aromatic carbocycles. The number of carbonyl (C=O) groups excluding carboxylic acids is 1. The van der Waals surface area contributed by atoms with E-state index in [9.17, 15) is 9.18 Å². The van der Waals surface area contributed by atoms with Crippen molar-refractivity contribution in [1.29, 1.82) is 0 Å². The fourth-order valence-corrected chi connectivity index (χ4v) is 3.67. The zero-order valence-corrected chi connectivity index (χ0v) is 14.3. The van der Waals surface area contributed by atoms with Crippen LogP contribution in [0.5, 0.6) is 0 Å². The van der Waals surface area contributed by atoms with E-state index in [1.807, 2.05) is 16.7 Å². The number of amides is 1. The fourth-order valence-electron chi connectivity index (χ4n) is 3.67. The first-order chi connectivity index (χ1) is 12.7. The Hall–Kier alpha value is -2.73. The number of hydrogen-bond donors (Lipinski definition) is 1. The van der Waals surface area contributed by atoms with Gasteiger partial charge in [0.05, 0.1) is 24.0 Å². The third-order valence-corrected chi connectivity index (χ3v) is 5.03. The zero-order valence-electron chi connectivity index (χ0n) is 14.3. The Morgan fingerprint density at radius 2 is 2.12 bits per heavy atom. The number of likely N-dealkylation sites (tertiary alicyclic amines) is 1. The van der Waals surface area contributed by atoms with Crippen molar-refractivity contribution in [3.63, 3.8) is 0 Å². The third-order valence-electron chi connectivity index (χ3n) is 5.03. The van der Waals surface area contributed by atoms with Crippen molar-refractivity contribution in [2.45, 2.75) is 18.9 Å². The Morgan fingerprint density at radius 1 is 1.27 bits per heavy atom. The Labute approximate surface area is 150 Å². The van der Waals surface area contributed by atoms with E-state index in [4.69, 9.17) is 5.11 Å². The molecule has 26 heavy (non-hydrogen) atoms. The average molecular weight is 353 g/mol. The van der Waals surface area contributed by atoms with Gasteiger partial charge in [0, 0.05) is 31.1 Å². The van der Waals surface area contributed by atoms with Crippen LogP contribution in [0.15, 0.2) is 48.8 Å². The number of benzene rings is 2. The first-order valence-corrected chi connectivity index (χ1v) is 8.77. The molecule has 1 fully saturated rings. The van der Waals surface area contributed by atoms with Gasteiger partial charge < -0.3 is 14.6 Å². The molecule has 4 rings (SSSR count). The van der Waals surface area contributed by atoms with Crippen molar-refractivity contribution in [3.8, 4) is 0 Å². The minimum Gasteiger partial charge on any atom is -0.395 e. The Morgan fingerprint density at radius 3 is 2.92 bits per heavy atom. The maximum atomic E-state index is 14.0. The van der Waals surface area contributed by atoms with Crippen molar-refractivity contribution in [2.75, 3.05) is 19.7 Å². The number of aliphatic hydroxyl groups is 1. The SMILES string of the molecule is O=C(c1ccc2c(c1)ncn2CCO)N1CCC(c2ccccc2F)C1. The van der Waals surface area contributed by atoms with Crippen LogP contribution in [0.2, 0.25) is 0 Å². The van der Waals surface area contributed by atoms with Gasteiger partial charge in [0.15, 0.2) is 0 Å². The summed E-state index contributed by atoms with van der Waals surface area (Å²) in [4.78, 5) is 18.9. The lowest BCUT2D eigenvalue weighted by Gasteiger charge is -2.17. The highest BCUT2D eigenvalue weighted by Gasteiger charge is 2.29. The van der Waals surface area contributed by atoms with Crippen LogP contribution >= 0.6 is 0 Å². The molecule has 0 radical (unpaired) electrons. The second kappa shape index (κ2) is 6.88. The lowest BCUT2D eigenvalue weighted by molar-refractivity contribution is 0.0790. The maximum absolute atomic E-state index is 14.0. The summed E-state index contributed by atoms with van der Waals surface area (Å²) in [5.41, 5.74) is 2.89. The molecule has 1 unspecified atom stereocenters. The number of imidazole rings is 1. The van der Waals surface area contributed by atoms with Gasteiger partial charge in [-0.3, -0.25) is 4.79 Å². The molecule has 1 aliphatic heterocycles. The van der Waals surface area contributed by atoms with Crippen LogP contribution in [0.25, 0.3) is 11.0 Å². The van der Waals surface area contributed by atoms with E-state index < -0.39 is 0 Å². The van der Waals surface area contributed by atoms with Gasteiger partial charge >= 0.3 is 0 Å². The standard InChI is InChI=1S/C20H20FN3O2/c21-17-4-2-1-3-16(17)15-7-8-23(12-15)20(26)14-5-6-19-18(11-14)22-13-24(19)9-10-25/h1-6,11,13,15,25H,7-10,12H2. The molecule has 3 aromatic rings. The predicted molar refractivity (Wildman–Crippen MR) is 96.5 cm³/mol. The molecular weight excluding hydrogens is 333 g/mol. The zero-order chi connectivity index (χ0) is 18.1. The molecule has 0 bridgehead atoms. The fraction of sp³-hybridized carbons (Fsp3) is 0.300. The number of carbonyl (C=O) groups is 1. The molecule has 0 saturated carbocycles. The van der Waals surface area contributed by atoms with Crippen molar-refractivity contribution in [3.05, 3.63) is 65.7 Å². The summed E-state index contributed by atoms with van der Waals surface area (Å²) in [6.07, 6.45) is 2.43. The summed E-state index contributed by atoms with van der Waals surface area (Å²) in [7, 11) is 0. The average Bonchev–Trinajstić information content (AvgIpc) is 3.29. The summed E-state index contributed by atoms with van der Waals surface area (Å²) in [5.74, 6) is -0.224. The minimum atomic E-state index is -0.206. The van der Waals surface area contributed by atoms with Crippen molar-refractivity contribution >= 4 is 16.9 Å². The molecule has 134 valence electrons. The second-order valence-corrected chi connectivity index (χ2v) is 6.62. The van der Waals surface area contributed by atoms with E-state index in [0.29, 0.717) is 30.8 Å². The van der Waals surface area contributed by atoms with E-state index in [1.165, 1.54) is 6.07 Å². The highest BCUT2D eigenvalue weighted by Crippen LogP contribution is 2.30. The van der Waals surface area contributed by atoms with Gasteiger partial charge in [-0.05, 0) is 36.2 Å². The highest BCUT2D eigenvalue weighted by atomic mass is 19.1. The van der Waals surface area contributed by atoms with Crippen LogP contribution in [0, 0.1) is 5.82 Å². The van der Waals surface area contributed by atoms with E-state index >= 15 is 0 Å². The molecular formula is C20H20FN3O2. The molecule has 1 amide bonds. The topological polar surface area (TPSA) is 58.4 Å². The lowest BCUT2D eigenvalue weighted by atomic mass is 9.98. The molecule has 1 N–H and O–H groups in total. The molecule has 0 aliphatic carbocycles. The summed E-state index contributed by atoms with van der Waals surface area (Å²) in [6.45, 7) is 1.66. The van der Waals surface area contributed by atoms with Gasteiger partial charge in [-0.25, -0.2) is 9.37 Å². The monoisotopic (exact) mass is 353 g/mol. The Bertz CT molecular complexity index is 953. The largest absolute Gasteiger partial charge is 0.395 e. The van der Waals surface area contributed by atoms with Gasteiger partial charge in [0.1, 0.15) is 5.82 Å². The van der Waals surface area contributed by atoms with Gasteiger partial charge in [0.25, 0.3) is 5.91 Å². The smallest absolute Gasteiger partial charge is 0.253 e. The van der Waals surface area contributed by atoms with Crippen LogP contribution < -0.4 is 0 Å². The minimum absolute atomic E-state index is 0.0349. The maximum Gasteiger partial charge on any atom is 0.253 e. The van der Waals surface area contributed by atoms with E-state index in [-0.39, 0.29) is 24.2 Å². The third kappa shape index (κ3) is 2.97. The van der Waals surface area contributed by atoms with Crippen LogP contribution in [0.1, 0.15) is 28.3 Å². The number of aromatic nitrogens is 2. The first-order valence-electron chi connectivity index (χ1n) is 8.77. The number of rotatable bonds is 4. The summed E-state index contributed by atoms with van der Waals surface area (Å²) >= 11 is 0. The molecule has 1 saturated heterocycles. The van der Waals surface area contributed by atoms with Gasteiger partial charge in [-0.1, -0.05) is 18.2 Å². The molecule has 1 aromatic heterocycles. The number of fused-ring (bicyclic) bond motifs is 1. The number of nitrogens with zero attached hydrogens (tertiary/aromatic N) is 3. The van der Waals surface area contributed by atoms with Crippen molar-refractivity contribution in [1.82, 2.24) is 14.5 Å². The van der Waals surface area contributed by atoms with Gasteiger partial charge in [-0.2, -0.15) is 0 Å². The van der Waals surface area contributed by atoms with Crippen molar-refractivity contribution < 1.29 is 14.3 Å². The quantitative estimate of drug-likeness (QED) is 0.785. The number of hydrogen-bond acceptors (Lipinski definition) is 3. The normalized spacial score (nSPS) is 17.2. The summed E-state index contributed by atoms with van der Waals surface area (Å²) in [6, 6.07) is 12.2. The number of aliphatic hydroxyl groups excluding tert-OH is 1. The summed E-state index contributed by atoms with van der Waals surface area (Å²) in [5, 5.41) is 9.09. The molecule has 1 aliphatic rings. The molecule has 0 spiro atoms. The highest BCUT2D eigenvalue weighted by molar-refractivity contribution is 5.97. The number of halogens is 1. The van der Waals surface area contributed by atoms with E-state index in [2.05, 4.69) is 4.98 Å². The predicted octanol–water partition coefficient (Wildman–Crippen LogP) is 2.80. The van der Waals surface area contributed by atoms with E-state index in [0.717, 1.165) is 17.5 Å². The molecule has 1 atom stereocenters. The van der Waals surface area contributed by atoms with Gasteiger partial charge in [0.2, 0.25) is 0 Å². The van der Waals surface area contributed by atoms with Gasteiger partial charge in [-0.15, -0.1) is 0 Å². The van der Waals surface area contributed by atoms with Crippen LogP contribution in [-0.4, -0.2) is 45.2 Å². The van der Waals surface area contributed by atoms with E-state index in [1.54, 1.807) is 35.5 Å². The lowest BCUT2D eigenvalue weighted by Crippen LogP contribution is -2.28.